The zero-order chi connectivity index (χ0) is 17.8. The average molecular weight is 346 g/mol. The summed E-state index contributed by atoms with van der Waals surface area (Å²) in [5, 5.41) is 0.0920. The van der Waals surface area contributed by atoms with Crippen LogP contribution in [0.2, 0.25) is 18.1 Å². The Labute approximate surface area is 139 Å². The third-order valence-corrected chi connectivity index (χ3v) is 9.14. The summed E-state index contributed by atoms with van der Waals surface area (Å²) in [4.78, 5) is 22.3. The number of rotatable bonds is 6. The van der Waals surface area contributed by atoms with Crippen molar-refractivity contribution in [1.82, 2.24) is 0 Å². The van der Waals surface area contributed by atoms with Crippen molar-refractivity contribution < 1.29 is 28.2 Å². The molecule has 7 heteroatoms. The van der Waals surface area contributed by atoms with E-state index >= 15 is 0 Å². The lowest BCUT2D eigenvalue weighted by Gasteiger charge is -2.37. The first-order valence-electron chi connectivity index (χ1n) is 8.00. The number of ether oxygens (including phenoxy) is 3. The highest BCUT2D eigenvalue weighted by atomic mass is 28.4. The van der Waals surface area contributed by atoms with Gasteiger partial charge in [-0.2, -0.15) is 0 Å². The molecule has 0 N–H and O–H groups in total. The molecule has 0 spiro atoms. The summed E-state index contributed by atoms with van der Waals surface area (Å²) in [7, 11) is -1.92. The van der Waals surface area contributed by atoms with E-state index in [4.69, 9.17) is 18.6 Å². The van der Waals surface area contributed by atoms with E-state index in [0.29, 0.717) is 13.2 Å². The molecule has 1 aliphatic heterocycles. The molecular formula is C16H30O6Si. The van der Waals surface area contributed by atoms with Crippen molar-refractivity contribution >= 4 is 20.3 Å². The molecule has 0 saturated carbocycles. The molecule has 1 saturated heterocycles. The van der Waals surface area contributed by atoms with Crippen LogP contribution >= 0.6 is 0 Å². The molecule has 0 bridgehead atoms. The average Bonchev–Trinajstić information content (AvgIpc) is 2.74. The maximum atomic E-state index is 11.3. The summed E-state index contributed by atoms with van der Waals surface area (Å²) in [6, 6.07) is 0. The van der Waals surface area contributed by atoms with Crippen molar-refractivity contribution in [2.45, 2.75) is 65.0 Å². The summed E-state index contributed by atoms with van der Waals surface area (Å²) in [5.74, 6) is -0.829. The first kappa shape index (κ1) is 20.1. The highest BCUT2D eigenvalue weighted by Gasteiger charge is 2.43. The van der Waals surface area contributed by atoms with Crippen molar-refractivity contribution in [2.75, 3.05) is 19.8 Å². The van der Waals surface area contributed by atoms with Crippen molar-refractivity contribution in [3.05, 3.63) is 0 Å². The summed E-state index contributed by atoms with van der Waals surface area (Å²) < 4.78 is 22.3. The maximum Gasteiger partial charge on any atom is 0.302 e. The van der Waals surface area contributed by atoms with E-state index in [9.17, 15) is 9.59 Å². The quantitative estimate of drug-likeness (QED) is 0.544. The third-order valence-electron chi connectivity index (χ3n) is 4.64. The maximum absolute atomic E-state index is 11.3. The Morgan fingerprint density at radius 2 is 1.74 bits per heavy atom. The van der Waals surface area contributed by atoms with E-state index in [1.54, 1.807) is 0 Å². The fraction of sp³-hybridized carbons (Fsp3) is 0.875. The fourth-order valence-corrected chi connectivity index (χ4v) is 3.19. The molecule has 1 heterocycles. The predicted molar refractivity (Wildman–Crippen MR) is 88.6 cm³/mol. The van der Waals surface area contributed by atoms with E-state index < -0.39 is 8.32 Å². The van der Waals surface area contributed by atoms with Gasteiger partial charge >= 0.3 is 11.9 Å². The lowest BCUT2D eigenvalue weighted by atomic mass is 10.0. The van der Waals surface area contributed by atoms with Crippen LogP contribution in [0.4, 0.5) is 0 Å². The van der Waals surface area contributed by atoms with Gasteiger partial charge in [-0.25, -0.2) is 0 Å². The van der Waals surface area contributed by atoms with E-state index in [-0.39, 0.29) is 41.7 Å². The molecule has 3 atom stereocenters. The Hall–Kier alpha value is -0.923. The van der Waals surface area contributed by atoms with Crippen LogP contribution < -0.4 is 0 Å². The Bertz CT molecular complexity index is 429. The van der Waals surface area contributed by atoms with E-state index in [1.807, 2.05) is 0 Å². The van der Waals surface area contributed by atoms with Gasteiger partial charge in [-0.3, -0.25) is 9.59 Å². The molecule has 1 aliphatic rings. The third kappa shape index (κ3) is 5.89. The number of hydrogen-bond acceptors (Lipinski definition) is 6. The summed E-state index contributed by atoms with van der Waals surface area (Å²) in [6.07, 6.45) is -0.675. The number of carbonyl (C=O) groups excluding carboxylic acids is 2. The van der Waals surface area contributed by atoms with Gasteiger partial charge in [0.15, 0.2) is 8.32 Å². The highest BCUT2D eigenvalue weighted by Crippen LogP contribution is 2.37. The van der Waals surface area contributed by atoms with Crippen LogP contribution in [0.1, 0.15) is 34.6 Å². The Morgan fingerprint density at radius 1 is 1.13 bits per heavy atom. The molecule has 0 aromatic heterocycles. The van der Waals surface area contributed by atoms with E-state index in [2.05, 4.69) is 33.9 Å². The highest BCUT2D eigenvalue weighted by molar-refractivity contribution is 6.74. The fourth-order valence-electron chi connectivity index (χ4n) is 2.15. The topological polar surface area (TPSA) is 71.1 Å². The van der Waals surface area contributed by atoms with Crippen LogP contribution in [-0.4, -0.2) is 52.3 Å². The Kier molecular flexibility index (Phi) is 6.79. The van der Waals surface area contributed by atoms with Crippen LogP contribution in [0.15, 0.2) is 0 Å². The minimum Gasteiger partial charge on any atom is -0.463 e. The van der Waals surface area contributed by atoms with Crippen LogP contribution in [0.25, 0.3) is 0 Å². The summed E-state index contributed by atoms with van der Waals surface area (Å²) in [6.45, 7) is 14.5. The molecule has 1 rings (SSSR count). The molecular weight excluding hydrogens is 316 g/mol. The zero-order valence-electron chi connectivity index (χ0n) is 15.3. The van der Waals surface area contributed by atoms with Gasteiger partial charge in [0, 0.05) is 20.5 Å². The lowest BCUT2D eigenvalue weighted by molar-refractivity contribution is -0.149. The molecule has 0 aromatic rings. The van der Waals surface area contributed by atoms with Crippen molar-refractivity contribution in [3.63, 3.8) is 0 Å². The van der Waals surface area contributed by atoms with Gasteiger partial charge < -0.3 is 18.6 Å². The van der Waals surface area contributed by atoms with Crippen LogP contribution in [0.3, 0.4) is 0 Å². The molecule has 0 aliphatic carbocycles. The van der Waals surface area contributed by atoms with Gasteiger partial charge in [-0.15, -0.1) is 0 Å². The van der Waals surface area contributed by atoms with Crippen LogP contribution in [0, 0.1) is 5.92 Å². The molecule has 0 aromatic carbocycles. The van der Waals surface area contributed by atoms with Crippen LogP contribution in [0.5, 0.6) is 0 Å². The monoisotopic (exact) mass is 346 g/mol. The van der Waals surface area contributed by atoms with Crippen molar-refractivity contribution in [1.29, 1.82) is 0 Å². The number of esters is 2. The minimum absolute atomic E-state index is 0.0920. The summed E-state index contributed by atoms with van der Waals surface area (Å²) in [5.41, 5.74) is 0. The van der Waals surface area contributed by atoms with Gasteiger partial charge in [-0.1, -0.05) is 20.8 Å². The smallest absolute Gasteiger partial charge is 0.302 e. The predicted octanol–water partition coefficient (Wildman–Crippen LogP) is 2.52. The molecule has 23 heavy (non-hydrogen) atoms. The normalized spacial score (nSPS) is 25.3. The number of hydrogen-bond donors (Lipinski definition) is 0. The molecule has 0 unspecified atom stereocenters. The molecule has 6 nitrogen and oxygen atoms in total. The van der Waals surface area contributed by atoms with Gasteiger partial charge in [0.2, 0.25) is 0 Å². The standard InChI is InChI=1S/C16H30O6Si/c1-11(17)19-9-14-13(15(10-20-14)22-12(2)18)8-21-23(6,7)16(3,4)5/h13-15H,8-10H2,1-7H3/t13-,14-,15+/m0/s1. The second-order valence-corrected chi connectivity index (χ2v) is 12.4. The number of carbonyl (C=O) groups is 2. The zero-order valence-corrected chi connectivity index (χ0v) is 16.3. The molecule has 0 radical (unpaired) electrons. The SMILES string of the molecule is CC(=O)OC[C@@H]1OC[C@@H](OC(C)=O)[C@H]1CO[Si](C)(C)C(C)(C)C. The van der Waals surface area contributed by atoms with Gasteiger partial charge in [0.05, 0.1) is 12.5 Å². The second kappa shape index (κ2) is 7.77. The first-order chi connectivity index (χ1) is 10.4. The first-order valence-corrected chi connectivity index (χ1v) is 10.9. The molecule has 1 fully saturated rings. The van der Waals surface area contributed by atoms with Crippen LogP contribution in [-0.2, 0) is 28.2 Å². The molecule has 0 amide bonds. The van der Waals surface area contributed by atoms with E-state index in [0.717, 1.165) is 0 Å². The largest absolute Gasteiger partial charge is 0.463 e. The van der Waals surface area contributed by atoms with E-state index in [1.165, 1.54) is 13.8 Å². The minimum atomic E-state index is -1.92. The second-order valence-electron chi connectivity index (χ2n) is 7.56. The van der Waals surface area contributed by atoms with Gasteiger partial charge in [-0.05, 0) is 18.1 Å². The van der Waals surface area contributed by atoms with Crippen molar-refractivity contribution in [2.24, 2.45) is 5.92 Å². The molecule has 134 valence electrons. The Balaban J connectivity index is 2.75. The summed E-state index contributed by atoms with van der Waals surface area (Å²) >= 11 is 0. The van der Waals surface area contributed by atoms with Crippen molar-refractivity contribution in [3.8, 4) is 0 Å². The van der Waals surface area contributed by atoms with Gasteiger partial charge in [0.1, 0.15) is 18.8 Å². The lowest BCUT2D eigenvalue weighted by Crippen LogP contribution is -2.44. The van der Waals surface area contributed by atoms with Gasteiger partial charge in [0.25, 0.3) is 0 Å². The Morgan fingerprint density at radius 3 is 2.22 bits per heavy atom.